The molecule has 2 fully saturated rings. The second-order valence-electron chi connectivity index (χ2n) is 5.44. The number of amides is 3. The van der Waals surface area contributed by atoms with Gasteiger partial charge in [0.05, 0.1) is 31.6 Å². The number of urea groups is 1. The Hall–Kier alpha value is -2.02. The van der Waals surface area contributed by atoms with Crippen molar-refractivity contribution in [3.63, 3.8) is 0 Å². The van der Waals surface area contributed by atoms with E-state index < -0.39 is 5.92 Å². The number of ether oxygens (including phenoxy) is 1. The van der Waals surface area contributed by atoms with Gasteiger partial charge in [-0.15, -0.1) is 0 Å². The Kier molecular flexibility index (Phi) is 3.59. The van der Waals surface area contributed by atoms with E-state index in [1.807, 2.05) is 0 Å². The summed E-state index contributed by atoms with van der Waals surface area (Å²) in [4.78, 5) is 34.5. The second kappa shape index (κ2) is 5.40. The molecule has 21 heavy (non-hydrogen) atoms. The van der Waals surface area contributed by atoms with Crippen molar-refractivity contribution < 1.29 is 19.3 Å². The van der Waals surface area contributed by atoms with E-state index in [0.717, 1.165) is 24.3 Å². The Balaban J connectivity index is 1.85. The first-order valence-electron chi connectivity index (χ1n) is 7.10. The van der Waals surface area contributed by atoms with E-state index in [2.05, 4.69) is 9.98 Å². The van der Waals surface area contributed by atoms with Crippen LogP contribution in [-0.2, 0) is 9.53 Å². The number of nitrogens with zero attached hydrogens (tertiary/aromatic N) is 3. The number of allylic oxidation sites excluding steroid dienone is 1. The predicted molar refractivity (Wildman–Crippen MR) is 75.8 cm³/mol. The molecule has 2 atom stereocenters. The lowest BCUT2D eigenvalue weighted by molar-refractivity contribution is -0.382. The molecule has 1 N–H and O–H groups in total. The van der Waals surface area contributed by atoms with Crippen LogP contribution in [0.4, 0.5) is 4.79 Å². The van der Waals surface area contributed by atoms with Crippen LogP contribution in [0.5, 0.6) is 0 Å². The van der Waals surface area contributed by atoms with E-state index in [4.69, 9.17) is 4.74 Å². The van der Waals surface area contributed by atoms with Crippen molar-refractivity contribution in [1.82, 2.24) is 9.80 Å². The molecule has 2 saturated heterocycles. The van der Waals surface area contributed by atoms with E-state index in [0.29, 0.717) is 18.1 Å². The molecule has 0 spiro atoms. The van der Waals surface area contributed by atoms with Crippen molar-refractivity contribution in [3.05, 3.63) is 12.3 Å². The van der Waals surface area contributed by atoms with Gasteiger partial charge in [0.2, 0.25) is 0 Å². The summed E-state index contributed by atoms with van der Waals surface area (Å²) in [5.41, 5.74) is 0.676. The van der Waals surface area contributed by atoms with Gasteiger partial charge in [0.15, 0.2) is 5.92 Å². The zero-order chi connectivity index (χ0) is 15.0. The van der Waals surface area contributed by atoms with Gasteiger partial charge in [-0.25, -0.2) is 14.7 Å². The van der Waals surface area contributed by atoms with Gasteiger partial charge in [-0.2, -0.15) is 4.90 Å². The SMILES string of the molecule is CN1C(=O)C2C(=NCC3CCCO3)C=C[NH+]=C2N(C)C1=O. The number of fused-ring (bicyclic) bond motifs is 1. The third kappa shape index (κ3) is 2.37. The molecule has 3 amide bonds. The number of carbonyl (C=O) groups excluding carboxylic acids is 2. The lowest BCUT2D eigenvalue weighted by Crippen LogP contribution is -2.79. The van der Waals surface area contributed by atoms with Gasteiger partial charge in [0.1, 0.15) is 0 Å². The molecule has 2 unspecified atom stereocenters. The largest absolute Gasteiger partial charge is 0.417 e. The number of rotatable bonds is 2. The number of imide groups is 1. The highest BCUT2D eigenvalue weighted by molar-refractivity contribution is 6.30. The Bertz CT molecular complexity index is 561. The van der Waals surface area contributed by atoms with Gasteiger partial charge >= 0.3 is 6.03 Å². The molecule has 0 aliphatic carbocycles. The van der Waals surface area contributed by atoms with Crippen LogP contribution in [0, 0.1) is 5.92 Å². The van der Waals surface area contributed by atoms with Crippen molar-refractivity contribution in [2.45, 2.75) is 18.9 Å². The molecule has 112 valence electrons. The summed E-state index contributed by atoms with van der Waals surface area (Å²) >= 11 is 0. The molecule has 0 aromatic rings. The maximum Gasteiger partial charge on any atom is 0.417 e. The number of hydrogen-bond donors (Lipinski definition) is 1. The van der Waals surface area contributed by atoms with Gasteiger partial charge < -0.3 is 4.74 Å². The van der Waals surface area contributed by atoms with Crippen molar-refractivity contribution >= 4 is 23.5 Å². The first-order chi connectivity index (χ1) is 10.1. The van der Waals surface area contributed by atoms with Crippen molar-refractivity contribution in [3.8, 4) is 0 Å². The third-order valence-electron chi connectivity index (χ3n) is 4.07. The minimum absolute atomic E-state index is 0.139. The number of carbonyl (C=O) groups is 2. The standard InChI is InChI=1S/C14H18N4O3/c1-17-12-11(13(19)18(2)14(17)20)10(5-6-15-12)16-8-9-4-3-7-21-9/h5-6,9,11H,3-4,7-8H2,1-2H3/p+1. The summed E-state index contributed by atoms with van der Waals surface area (Å²) in [6.07, 6.45) is 5.71. The molecule has 0 aromatic heterocycles. The Morgan fingerprint density at radius 2 is 2.19 bits per heavy atom. The second-order valence-corrected chi connectivity index (χ2v) is 5.44. The van der Waals surface area contributed by atoms with Crippen LogP contribution in [-0.4, -0.2) is 66.6 Å². The van der Waals surface area contributed by atoms with E-state index in [1.54, 1.807) is 19.3 Å². The predicted octanol–water partition coefficient (Wildman–Crippen LogP) is -1.25. The smallest absolute Gasteiger partial charge is 0.376 e. The van der Waals surface area contributed by atoms with E-state index in [1.165, 1.54) is 11.9 Å². The summed E-state index contributed by atoms with van der Waals surface area (Å²) in [5, 5.41) is 0. The van der Waals surface area contributed by atoms with Crippen LogP contribution in [0.1, 0.15) is 12.8 Å². The average molecular weight is 291 g/mol. The van der Waals surface area contributed by atoms with Gasteiger partial charge in [0, 0.05) is 13.7 Å². The Morgan fingerprint density at radius 1 is 1.38 bits per heavy atom. The van der Waals surface area contributed by atoms with Crippen LogP contribution in [0.2, 0.25) is 0 Å². The minimum atomic E-state index is -0.538. The summed E-state index contributed by atoms with van der Waals surface area (Å²) in [6, 6.07) is -0.340. The molecule has 3 rings (SSSR count). The normalized spacial score (nSPS) is 31.0. The quantitative estimate of drug-likeness (QED) is 0.691. The van der Waals surface area contributed by atoms with Crippen molar-refractivity contribution in [1.29, 1.82) is 0 Å². The van der Waals surface area contributed by atoms with Gasteiger partial charge in [-0.05, 0) is 18.9 Å². The molecule has 0 bridgehead atoms. The van der Waals surface area contributed by atoms with Crippen LogP contribution < -0.4 is 4.99 Å². The number of aliphatic imine (C=N–C) groups is 1. The van der Waals surface area contributed by atoms with E-state index in [-0.39, 0.29) is 18.0 Å². The first kappa shape index (κ1) is 13.9. The molecule has 3 aliphatic rings. The highest BCUT2D eigenvalue weighted by atomic mass is 16.5. The fraction of sp³-hybridized carbons (Fsp3) is 0.571. The zero-order valence-corrected chi connectivity index (χ0v) is 12.2. The van der Waals surface area contributed by atoms with Crippen molar-refractivity contribution in [2.24, 2.45) is 10.9 Å². The highest BCUT2D eigenvalue weighted by Crippen LogP contribution is 2.19. The lowest BCUT2D eigenvalue weighted by atomic mass is 9.95. The summed E-state index contributed by atoms with van der Waals surface area (Å²) in [6.45, 7) is 1.34. The van der Waals surface area contributed by atoms with E-state index in [9.17, 15) is 9.59 Å². The fourth-order valence-corrected chi connectivity index (χ4v) is 2.82. The van der Waals surface area contributed by atoms with Crippen LogP contribution in [0.25, 0.3) is 0 Å². The van der Waals surface area contributed by atoms with Crippen LogP contribution in [0.3, 0.4) is 0 Å². The molecular formula is C14H19N4O3+. The van der Waals surface area contributed by atoms with Gasteiger partial charge in [0.25, 0.3) is 11.7 Å². The average Bonchev–Trinajstić information content (AvgIpc) is 3.01. The van der Waals surface area contributed by atoms with Gasteiger partial charge in [-0.1, -0.05) is 0 Å². The Morgan fingerprint density at radius 3 is 2.90 bits per heavy atom. The molecular weight excluding hydrogens is 272 g/mol. The zero-order valence-electron chi connectivity index (χ0n) is 12.2. The maximum atomic E-state index is 12.4. The molecule has 7 heteroatoms. The molecule has 3 heterocycles. The summed E-state index contributed by atoms with van der Waals surface area (Å²) in [5.74, 6) is -0.225. The van der Waals surface area contributed by atoms with E-state index >= 15 is 0 Å². The first-order valence-corrected chi connectivity index (χ1v) is 7.10. The molecule has 0 saturated carbocycles. The maximum absolute atomic E-state index is 12.4. The molecule has 0 aromatic carbocycles. The summed E-state index contributed by atoms with van der Waals surface area (Å²) < 4.78 is 5.55. The molecule has 0 radical (unpaired) electrons. The highest BCUT2D eigenvalue weighted by Gasteiger charge is 2.49. The summed E-state index contributed by atoms with van der Waals surface area (Å²) in [7, 11) is 3.14. The molecule has 3 aliphatic heterocycles. The van der Waals surface area contributed by atoms with Gasteiger partial charge in [-0.3, -0.25) is 9.79 Å². The van der Waals surface area contributed by atoms with Crippen LogP contribution >= 0.6 is 0 Å². The Labute approximate surface area is 123 Å². The minimum Gasteiger partial charge on any atom is -0.376 e. The fourth-order valence-electron chi connectivity index (χ4n) is 2.82. The monoisotopic (exact) mass is 291 g/mol. The third-order valence-corrected chi connectivity index (χ3v) is 4.07. The lowest BCUT2D eigenvalue weighted by Gasteiger charge is -2.31. The van der Waals surface area contributed by atoms with Crippen LogP contribution in [0.15, 0.2) is 17.3 Å². The van der Waals surface area contributed by atoms with Crippen molar-refractivity contribution in [2.75, 3.05) is 27.2 Å². The number of amidine groups is 1. The number of nitrogens with one attached hydrogen (secondary N) is 1. The topological polar surface area (TPSA) is 76.2 Å². The molecule has 7 nitrogen and oxygen atoms in total. The number of hydrogen-bond acceptors (Lipinski definition) is 4.